The molecule has 6 nitrogen and oxygen atoms in total. The first-order chi connectivity index (χ1) is 10.1. The minimum Gasteiger partial charge on any atom is -0.378 e. The number of rotatable bonds is 6. The summed E-state index contributed by atoms with van der Waals surface area (Å²) in [4.78, 5) is 25.1. The fourth-order valence-electron chi connectivity index (χ4n) is 2.43. The normalized spacial score (nSPS) is 22.0. The minimum absolute atomic E-state index is 0.185. The Morgan fingerprint density at radius 3 is 2.76 bits per heavy atom. The molecule has 1 aromatic rings. The second-order valence-corrected chi connectivity index (χ2v) is 5.46. The van der Waals surface area contributed by atoms with E-state index in [4.69, 9.17) is 10.5 Å². The summed E-state index contributed by atoms with van der Waals surface area (Å²) in [5.41, 5.74) is 6.09. The number of hydrogen-bond donors (Lipinski definition) is 3. The summed E-state index contributed by atoms with van der Waals surface area (Å²) in [5.74, 6) is -0.185. The molecule has 0 unspecified atom stereocenters. The number of aromatic nitrogens is 1. The fourth-order valence-corrected chi connectivity index (χ4v) is 2.43. The number of carbonyl (C=O) groups excluding carboxylic acids is 1. The molecule has 1 amide bonds. The lowest BCUT2D eigenvalue weighted by Gasteiger charge is -2.26. The number of ether oxygens (including phenoxy) is 1. The van der Waals surface area contributed by atoms with E-state index in [0.29, 0.717) is 30.9 Å². The van der Waals surface area contributed by atoms with Crippen LogP contribution in [0.3, 0.4) is 0 Å². The van der Waals surface area contributed by atoms with Crippen molar-refractivity contribution in [3.8, 4) is 0 Å². The number of nitrogens with one attached hydrogen (secondary N) is 2. The van der Waals surface area contributed by atoms with Gasteiger partial charge in [0.05, 0.1) is 11.7 Å². The van der Waals surface area contributed by atoms with Gasteiger partial charge >= 0.3 is 0 Å². The third kappa shape index (κ3) is 5.32. The minimum atomic E-state index is -0.216. The Morgan fingerprint density at radius 1 is 1.33 bits per heavy atom. The molecule has 116 valence electrons. The molecule has 1 aliphatic rings. The summed E-state index contributed by atoms with van der Waals surface area (Å²) in [6, 6.07) is 3.18. The van der Waals surface area contributed by atoms with Gasteiger partial charge < -0.3 is 20.8 Å². The zero-order valence-corrected chi connectivity index (χ0v) is 12.1. The summed E-state index contributed by atoms with van der Waals surface area (Å²) >= 11 is 0. The molecule has 0 bridgehead atoms. The Hall–Kier alpha value is -1.66. The molecule has 1 aliphatic carbocycles. The number of carbonyl (C=O) groups is 1. The van der Waals surface area contributed by atoms with Crippen LogP contribution in [0.4, 0.5) is 0 Å². The average Bonchev–Trinajstić information content (AvgIpc) is 2.49. The first-order valence-corrected chi connectivity index (χ1v) is 7.49. The van der Waals surface area contributed by atoms with E-state index in [1.165, 1.54) is 18.3 Å². The van der Waals surface area contributed by atoms with Crippen LogP contribution in [0.1, 0.15) is 42.5 Å². The van der Waals surface area contributed by atoms with Gasteiger partial charge in [-0.25, -0.2) is 0 Å². The van der Waals surface area contributed by atoms with Crippen LogP contribution in [0.25, 0.3) is 0 Å². The SMILES string of the molecule is NC1CCC(OCCCNC(=O)c2ccc(=O)[nH]c2)CC1. The highest BCUT2D eigenvalue weighted by atomic mass is 16.5. The van der Waals surface area contributed by atoms with Crippen LogP contribution in [0.2, 0.25) is 0 Å². The van der Waals surface area contributed by atoms with E-state index in [0.717, 1.165) is 32.1 Å². The summed E-state index contributed by atoms with van der Waals surface area (Å²) in [5, 5.41) is 2.80. The van der Waals surface area contributed by atoms with Crippen molar-refractivity contribution >= 4 is 5.91 Å². The number of hydrogen-bond acceptors (Lipinski definition) is 4. The van der Waals surface area contributed by atoms with E-state index in [1.807, 2.05) is 0 Å². The van der Waals surface area contributed by atoms with Gasteiger partial charge in [0, 0.05) is 31.5 Å². The standard InChI is InChI=1S/C15H23N3O3/c16-12-3-5-13(6-4-12)21-9-1-8-17-15(20)11-2-7-14(19)18-10-11/h2,7,10,12-13H,1,3-6,8-9,16H2,(H,17,20)(H,18,19). The van der Waals surface area contributed by atoms with Crippen LogP contribution in [0.5, 0.6) is 0 Å². The topological polar surface area (TPSA) is 97.2 Å². The first kappa shape index (κ1) is 15.7. The number of amides is 1. The van der Waals surface area contributed by atoms with Gasteiger partial charge in [-0.05, 0) is 38.2 Å². The van der Waals surface area contributed by atoms with Crippen molar-refractivity contribution in [3.63, 3.8) is 0 Å². The van der Waals surface area contributed by atoms with Gasteiger partial charge in [0.1, 0.15) is 0 Å². The van der Waals surface area contributed by atoms with Crippen molar-refractivity contribution in [2.75, 3.05) is 13.2 Å². The van der Waals surface area contributed by atoms with E-state index >= 15 is 0 Å². The second-order valence-electron chi connectivity index (χ2n) is 5.46. The highest BCUT2D eigenvalue weighted by Crippen LogP contribution is 2.19. The van der Waals surface area contributed by atoms with Crippen LogP contribution >= 0.6 is 0 Å². The molecule has 0 atom stereocenters. The fraction of sp³-hybridized carbons (Fsp3) is 0.600. The van der Waals surface area contributed by atoms with Crippen LogP contribution in [-0.4, -0.2) is 36.2 Å². The lowest BCUT2D eigenvalue weighted by molar-refractivity contribution is 0.0241. The van der Waals surface area contributed by atoms with Crippen LogP contribution < -0.4 is 16.6 Å². The smallest absolute Gasteiger partial charge is 0.252 e. The Kier molecular flexibility index (Phi) is 5.95. The molecule has 0 radical (unpaired) electrons. The van der Waals surface area contributed by atoms with Gasteiger partial charge in [-0.3, -0.25) is 9.59 Å². The van der Waals surface area contributed by atoms with Gasteiger partial charge in [-0.15, -0.1) is 0 Å². The monoisotopic (exact) mass is 293 g/mol. The molecule has 2 rings (SSSR count). The molecule has 1 heterocycles. The van der Waals surface area contributed by atoms with Crippen molar-refractivity contribution in [3.05, 3.63) is 34.2 Å². The summed E-state index contributed by atoms with van der Waals surface area (Å²) in [6.45, 7) is 1.20. The molecule has 0 saturated heterocycles. The van der Waals surface area contributed by atoms with Gasteiger partial charge in [0.25, 0.3) is 5.91 Å². The Bertz CT molecular complexity index is 487. The molecule has 4 N–H and O–H groups in total. The molecule has 1 saturated carbocycles. The predicted octanol–water partition coefficient (Wildman–Crippen LogP) is 0.781. The average molecular weight is 293 g/mol. The molecular formula is C15H23N3O3. The number of nitrogens with two attached hydrogens (primary N) is 1. The van der Waals surface area contributed by atoms with Gasteiger partial charge in [0.2, 0.25) is 5.56 Å². The summed E-state index contributed by atoms with van der Waals surface area (Å²) in [7, 11) is 0. The third-order valence-electron chi connectivity index (χ3n) is 3.73. The van der Waals surface area contributed by atoms with Gasteiger partial charge in [0.15, 0.2) is 0 Å². The van der Waals surface area contributed by atoms with Crippen molar-refractivity contribution in [1.82, 2.24) is 10.3 Å². The predicted molar refractivity (Wildman–Crippen MR) is 80.2 cm³/mol. The van der Waals surface area contributed by atoms with Crippen molar-refractivity contribution < 1.29 is 9.53 Å². The summed E-state index contributed by atoms with van der Waals surface area (Å²) < 4.78 is 5.78. The maximum Gasteiger partial charge on any atom is 0.252 e. The van der Waals surface area contributed by atoms with E-state index in [1.54, 1.807) is 0 Å². The number of H-pyrrole nitrogens is 1. The molecule has 1 fully saturated rings. The van der Waals surface area contributed by atoms with Crippen molar-refractivity contribution in [2.45, 2.75) is 44.2 Å². The van der Waals surface area contributed by atoms with E-state index in [2.05, 4.69) is 10.3 Å². The zero-order valence-electron chi connectivity index (χ0n) is 12.1. The molecule has 0 aromatic carbocycles. The Balaban J connectivity index is 1.58. The third-order valence-corrected chi connectivity index (χ3v) is 3.73. The van der Waals surface area contributed by atoms with E-state index in [9.17, 15) is 9.59 Å². The largest absolute Gasteiger partial charge is 0.378 e. The Labute approximate surface area is 124 Å². The first-order valence-electron chi connectivity index (χ1n) is 7.49. The van der Waals surface area contributed by atoms with Crippen molar-refractivity contribution in [2.24, 2.45) is 5.73 Å². The molecule has 0 aliphatic heterocycles. The molecular weight excluding hydrogens is 270 g/mol. The second kappa shape index (κ2) is 7.95. The van der Waals surface area contributed by atoms with Crippen LogP contribution in [-0.2, 0) is 4.74 Å². The lowest BCUT2D eigenvalue weighted by Crippen LogP contribution is -2.31. The maximum atomic E-state index is 11.8. The van der Waals surface area contributed by atoms with Crippen LogP contribution in [0.15, 0.2) is 23.1 Å². The molecule has 1 aromatic heterocycles. The summed E-state index contributed by atoms with van der Waals surface area (Å²) in [6.07, 6.45) is 6.65. The number of aromatic amines is 1. The van der Waals surface area contributed by atoms with Crippen LogP contribution in [0, 0.1) is 0 Å². The zero-order chi connectivity index (χ0) is 15.1. The van der Waals surface area contributed by atoms with Gasteiger partial charge in [-0.1, -0.05) is 0 Å². The van der Waals surface area contributed by atoms with E-state index in [-0.39, 0.29) is 11.5 Å². The lowest BCUT2D eigenvalue weighted by atomic mass is 9.94. The van der Waals surface area contributed by atoms with E-state index < -0.39 is 0 Å². The molecule has 0 spiro atoms. The highest BCUT2D eigenvalue weighted by molar-refractivity contribution is 5.93. The quantitative estimate of drug-likeness (QED) is 0.675. The Morgan fingerprint density at radius 2 is 2.10 bits per heavy atom. The van der Waals surface area contributed by atoms with Crippen molar-refractivity contribution in [1.29, 1.82) is 0 Å². The maximum absolute atomic E-state index is 11.8. The molecule has 21 heavy (non-hydrogen) atoms. The molecule has 6 heteroatoms. The highest BCUT2D eigenvalue weighted by Gasteiger charge is 2.18. The van der Waals surface area contributed by atoms with Gasteiger partial charge in [-0.2, -0.15) is 0 Å². The number of pyridine rings is 1.